The number of hydrogen-bond donors (Lipinski definition) is 2. The topological polar surface area (TPSA) is 57.5 Å². The van der Waals surface area contributed by atoms with Gasteiger partial charge >= 0.3 is 57.6 Å². The molecule has 0 fully saturated rings. The summed E-state index contributed by atoms with van der Waals surface area (Å²) < 4.78 is 8.74. The van der Waals surface area contributed by atoms with Gasteiger partial charge in [0.25, 0.3) is 0 Å². The molecule has 0 radical (unpaired) electrons. The average Bonchev–Trinajstić information content (AvgIpc) is 0.811. The first-order valence-electron chi connectivity index (χ1n) is 0.651. The van der Waals surface area contributed by atoms with Crippen LogP contribution in [0.4, 0.5) is 0 Å². The van der Waals surface area contributed by atoms with Crippen molar-refractivity contribution >= 4 is 26.5 Å². The normalized spacial score (nSPS) is 3.43. The molecule has 0 unspecified atom stereocenters. The van der Waals surface area contributed by atoms with E-state index in [0.717, 1.165) is 0 Å². The summed E-state index contributed by atoms with van der Waals surface area (Å²) in [4.78, 5) is 14.3. The fraction of sp³-hybridized carbons (Fsp3) is 0. The summed E-state index contributed by atoms with van der Waals surface area (Å²) in [5.41, 5.74) is 0. The second kappa shape index (κ2) is 15.7. The molecular formula is H7AlLiNaO3Si. The molecule has 0 aromatic heterocycles. The van der Waals surface area contributed by atoms with Crippen molar-refractivity contribution in [2.45, 2.75) is 0 Å². The van der Waals surface area contributed by atoms with Gasteiger partial charge < -0.3 is 12.4 Å². The smallest absolute Gasteiger partial charge is 1.00 e. The number of hydrogen-bond acceptors (Lipinski definition) is 1. The molecule has 0 aliphatic rings. The molecule has 7 heavy (non-hydrogen) atoms. The molecule has 0 rings (SSSR count). The zero-order valence-corrected chi connectivity index (χ0v) is 6.80. The van der Waals surface area contributed by atoms with E-state index in [0.29, 0.717) is 0 Å². The van der Waals surface area contributed by atoms with Crippen molar-refractivity contribution in [3.05, 3.63) is 0 Å². The molecule has 7 heteroatoms. The maximum absolute atomic E-state index is 8.74. The van der Waals surface area contributed by atoms with E-state index in [4.69, 9.17) is 14.1 Å². The molecule has 0 aromatic rings. The van der Waals surface area contributed by atoms with Crippen molar-refractivity contribution in [1.82, 2.24) is 0 Å². The van der Waals surface area contributed by atoms with Crippen molar-refractivity contribution < 1.29 is 65.3 Å². The minimum atomic E-state index is -3.13. The Morgan fingerprint density at radius 1 is 1.43 bits per heavy atom. The van der Waals surface area contributed by atoms with Crippen molar-refractivity contribution in [1.29, 1.82) is 0 Å². The molecule has 2 N–H and O–H groups in total. The van der Waals surface area contributed by atoms with Crippen LogP contribution in [-0.4, -0.2) is 36.1 Å². The van der Waals surface area contributed by atoms with E-state index in [9.17, 15) is 0 Å². The van der Waals surface area contributed by atoms with Crippen molar-refractivity contribution in [2.75, 3.05) is 0 Å². The van der Waals surface area contributed by atoms with Gasteiger partial charge in [-0.25, -0.2) is 0 Å². The van der Waals surface area contributed by atoms with Crippen LogP contribution in [0.2, 0.25) is 0 Å². The summed E-state index contributed by atoms with van der Waals surface area (Å²) in [7, 11) is -3.13. The SMILES string of the molecule is O=[Si](O)O.[AlH3].[H-].[H-].[Li+].[Na+]. The molecule has 0 saturated heterocycles. The van der Waals surface area contributed by atoms with Gasteiger partial charge in [-0.15, -0.1) is 0 Å². The first-order valence-corrected chi connectivity index (χ1v) is 1.95. The van der Waals surface area contributed by atoms with Crippen molar-refractivity contribution in [3.8, 4) is 0 Å². The Morgan fingerprint density at radius 2 is 1.43 bits per heavy atom. The monoisotopic (exact) mass is 140 g/mol. The standard InChI is InChI=1S/Al.Li.Na.H2O3Si.5H/c;;;1-4(2)3;;;;;/h;;;1-2H;;;;;/q;2*+1;;;;;2*-1. The van der Waals surface area contributed by atoms with E-state index < -0.39 is 9.17 Å². The van der Waals surface area contributed by atoms with Gasteiger partial charge in [0.05, 0.1) is 0 Å². The minimum Gasteiger partial charge on any atom is -1.00 e. The van der Waals surface area contributed by atoms with Gasteiger partial charge in [0.15, 0.2) is 17.4 Å². The number of rotatable bonds is 0. The molecule has 0 amide bonds. The molecule has 0 bridgehead atoms. The zero-order valence-electron chi connectivity index (χ0n) is 5.80. The van der Waals surface area contributed by atoms with Crippen molar-refractivity contribution in [3.63, 3.8) is 0 Å². The Hall–Kier alpha value is 1.75. The van der Waals surface area contributed by atoms with E-state index >= 15 is 0 Å². The van der Waals surface area contributed by atoms with Crippen LogP contribution in [0.15, 0.2) is 0 Å². The van der Waals surface area contributed by atoms with E-state index in [-0.39, 0.29) is 68.6 Å². The molecule has 0 spiro atoms. The minimum absolute atomic E-state index is 0. The second-order valence-corrected chi connectivity index (χ2v) is 0.848. The van der Waals surface area contributed by atoms with E-state index in [1.165, 1.54) is 0 Å². The molecule has 0 aliphatic carbocycles. The Morgan fingerprint density at radius 3 is 1.43 bits per heavy atom. The van der Waals surface area contributed by atoms with Crippen LogP contribution in [0.5, 0.6) is 0 Å². The quantitative estimate of drug-likeness (QED) is 0.328. The van der Waals surface area contributed by atoms with E-state index in [2.05, 4.69) is 0 Å². The van der Waals surface area contributed by atoms with Crippen LogP contribution < -0.4 is 48.4 Å². The second-order valence-electron chi connectivity index (χ2n) is 0.283. The first-order chi connectivity index (χ1) is 1.73. The molecule has 0 heterocycles. The molecule has 34 valence electrons. The fourth-order valence-corrected chi connectivity index (χ4v) is 0. The molecule has 0 atom stereocenters. The van der Waals surface area contributed by atoms with Crippen LogP contribution in [0.25, 0.3) is 0 Å². The largest absolute Gasteiger partial charge is 1.00 e. The Kier molecular flexibility index (Phi) is 52.1. The van der Waals surface area contributed by atoms with Gasteiger partial charge in [0.2, 0.25) is 0 Å². The third kappa shape index (κ3) is 83.8. The summed E-state index contributed by atoms with van der Waals surface area (Å²) in [5.74, 6) is 0. The van der Waals surface area contributed by atoms with Crippen LogP contribution in [-0.2, 0) is 4.46 Å². The molecule has 0 saturated carbocycles. The van der Waals surface area contributed by atoms with Crippen LogP contribution in [0, 0.1) is 0 Å². The van der Waals surface area contributed by atoms with E-state index in [1.54, 1.807) is 0 Å². The summed E-state index contributed by atoms with van der Waals surface area (Å²) in [6.45, 7) is 0. The van der Waals surface area contributed by atoms with Crippen molar-refractivity contribution in [2.24, 2.45) is 0 Å². The third-order valence-electron chi connectivity index (χ3n) is 0. The predicted octanol–water partition coefficient (Wildman–Crippen LogP) is -8.56. The maximum atomic E-state index is 8.74. The first kappa shape index (κ1) is 23.3. The molecule has 0 aliphatic heterocycles. The maximum Gasteiger partial charge on any atom is 1.00 e. The van der Waals surface area contributed by atoms with Gasteiger partial charge in [0, 0.05) is 0 Å². The van der Waals surface area contributed by atoms with Gasteiger partial charge in [-0.2, -0.15) is 0 Å². The van der Waals surface area contributed by atoms with E-state index in [1.807, 2.05) is 0 Å². The summed E-state index contributed by atoms with van der Waals surface area (Å²) in [6, 6.07) is 0. The fourth-order valence-electron chi connectivity index (χ4n) is 0. The Labute approximate surface area is 91.0 Å². The third-order valence-corrected chi connectivity index (χ3v) is 0. The summed E-state index contributed by atoms with van der Waals surface area (Å²) in [5, 5.41) is 0. The molecule has 3 nitrogen and oxygen atoms in total. The molecular weight excluding hydrogens is 133 g/mol. The summed E-state index contributed by atoms with van der Waals surface area (Å²) in [6.07, 6.45) is 0. The molecule has 0 aromatic carbocycles. The van der Waals surface area contributed by atoms with Gasteiger partial charge in [0.1, 0.15) is 0 Å². The van der Waals surface area contributed by atoms with Crippen LogP contribution in [0.1, 0.15) is 2.85 Å². The van der Waals surface area contributed by atoms with Gasteiger partial charge in [-0.3, -0.25) is 4.46 Å². The van der Waals surface area contributed by atoms with Crippen LogP contribution in [0.3, 0.4) is 0 Å². The predicted molar refractivity (Wildman–Crippen MR) is 23.0 cm³/mol. The summed E-state index contributed by atoms with van der Waals surface area (Å²) >= 11 is 0. The van der Waals surface area contributed by atoms with Gasteiger partial charge in [-0.05, 0) is 0 Å². The zero-order chi connectivity index (χ0) is 3.58. The van der Waals surface area contributed by atoms with Gasteiger partial charge in [-0.1, -0.05) is 0 Å². The van der Waals surface area contributed by atoms with Crippen LogP contribution >= 0.6 is 0 Å². The average molecular weight is 140 g/mol. The Balaban J connectivity index is -0.00000000450. The Bertz CT molecular complexity index is 44.8.